The van der Waals surface area contributed by atoms with Crippen LogP contribution in [0.2, 0.25) is 5.02 Å². The highest BCUT2D eigenvalue weighted by molar-refractivity contribution is 6.30. The molecular weight excluding hydrogens is 331 g/mol. The van der Waals surface area contributed by atoms with Gasteiger partial charge in [0.1, 0.15) is 0 Å². The highest BCUT2D eigenvalue weighted by Crippen LogP contribution is 2.30. The van der Waals surface area contributed by atoms with E-state index in [1.54, 1.807) is 30.3 Å². The van der Waals surface area contributed by atoms with Crippen LogP contribution in [-0.2, 0) is 6.42 Å². The number of hydrogen-bond acceptors (Lipinski definition) is 3. The van der Waals surface area contributed by atoms with Gasteiger partial charge in [-0.05, 0) is 19.1 Å². The van der Waals surface area contributed by atoms with E-state index in [2.05, 4.69) is 10.1 Å². The molecule has 3 aromatic rings. The molecule has 0 atom stereocenters. The molecule has 3 rings (SSSR count). The second kappa shape index (κ2) is 5.42. The third-order valence-corrected chi connectivity index (χ3v) is 3.65. The quantitative estimate of drug-likeness (QED) is 0.761. The first-order valence-electron chi connectivity index (χ1n) is 6.65. The topological polar surface area (TPSA) is 50.4 Å². The molecule has 0 saturated carbocycles. The lowest BCUT2D eigenvalue weighted by Gasteiger charge is -2.11. The van der Waals surface area contributed by atoms with E-state index in [9.17, 15) is 18.3 Å². The van der Waals surface area contributed by atoms with Gasteiger partial charge in [-0.15, -0.1) is 0 Å². The minimum atomic E-state index is -4.44. The minimum absolute atomic E-state index is 0.120. The first-order valence-corrected chi connectivity index (χ1v) is 7.03. The lowest BCUT2D eigenvalue weighted by Crippen LogP contribution is -2.14. The van der Waals surface area contributed by atoms with Crippen LogP contribution >= 0.6 is 11.6 Å². The van der Waals surface area contributed by atoms with Crippen molar-refractivity contribution in [1.29, 1.82) is 0 Å². The van der Waals surface area contributed by atoms with E-state index in [-0.39, 0.29) is 16.9 Å². The summed E-state index contributed by atoms with van der Waals surface area (Å²) in [5, 5.41) is 14.8. The van der Waals surface area contributed by atoms with Crippen LogP contribution in [0.5, 0.6) is 5.88 Å². The molecule has 0 aliphatic rings. The second-order valence-electron chi connectivity index (χ2n) is 5.10. The Bertz CT molecular complexity index is 872. The van der Waals surface area contributed by atoms with Gasteiger partial charge < -0.3 is 5.11 Å². The van der Waals surface area contributed by atoms with Crippen LogP contribution in [0.15, 0.2) is 30.3 Å². The van der Waals surface area contributed by atoms with Gasteiger partial charge in [0.05, 0.1) is 12.1 Å². The van der Waals surface area contributed by atoms with Crippen molar-refractivity contribution in [2.24, 2.45) is 0 Å². The SMILES string of the molecule is Cc1nc2cc(-c3ccc(Cl)cc3)nn2c(O)c1CC(F)(F)F. The second-order valence-corrected chi connectivity index (χ2v) is 5.53. The van der Waals surface area contributed by atoms with Gasteiger partial charge in [-0.3, -0.25) is 0 Å². The molecule has 1 N–H and O–H groups in total. The zero-order valence-corrected chi connectivity index (χ0v) is 12.7. The number of aryl methyl sites for hydroxylation is 1. The Hall–Kier alpha value is -2.28. The van der Waals surface area contributed by atoms with Crippen molar-refractivity contribution in [3.8, 4) is 17.1 Å². The summed E-state index contributed by atoms with van der Waals surface area (Å²) in [6.45, 7) is 1.43. The molecule has 0 amide bonds. The van der Waals surface area contributed by atoms with Crippen LogP contribution in [0, 0.1) is 6.92 Å². The third kappa shape index (κ3) is 3.10. The number of halogens is 4. The highest BCUT2D eigenvalue weighted by Gasteiger charge is 2.31. The van der Waals surface area contributed by atoms with Crippen LogP contribution in [0.25, 0.3) is 16.9 Å². The minimum Gasteiger partial charge on any atom is -0.493 e. The van der Waals surface area contributed by atoms with E-state index in [4.69, 9.17) is 11.6 Å². The Kier molecular flexibility index (Phi) is 3.68. The normalized spacial score (nSPS) is 12.0. The number of aromatic nitrogens is 3. The Morgan fingerprint density at radius 2 is 1.87 bits per heavy atom. The number of hydrogen-bond donors (Lipinski definition) is 1. The van der Waals surface area contributed by atoms with E-state index in [1.807, 2.05) is 0 Å². The van der Waals surface area contributed by atoms with Gasteiger partial charge in [0.25, 0.3) is 0 Å². The predicted molar refractivity (Wildman–Crippen MR) is 79.6 cm³/mol. The Morgan fingerprint density at radius 3 is 2.48 bits per heavy atom. The lowest BCUT2D eigenvalue weighted by molar-refractivity contribution is -0.127. The van der Waals surface area contributed by atoms with Crippen LogP contribution < -0.4 is 0 Å². The average Bonchev–Trinajstić information content (AvgIpc) is 2.87. The first kappa shape index (κ1) is 15.6. The maximum atomic E-state index is 12.6. The molecule has 23 heavy (non-hydrogen) atoms. The predicted octanol–water partition coefficient (Wildman–Crippen LogP) is 4.17. The average molecular weight is 342 g/mol. The number of fused-ring (bicyclic) bond motifs is 1. The molecule has 4 nitrogen and oxygen atoms in total. The largest absolute Gasteiger partial charge is 0.493 e. The summed E-state index contributed by atoms with van der Waals surface area (Å²) < 4.78 is 38.9. The van der Waals surface area contributed by atoms with Crippen molar-refractivity contribution >= 4 is 17.2 Å². The van der Waals surface area contributed by atoms with Crippen LogP contribution in [0.4, 0.5) is 13.2 Å². The summed E-state index contributed by atoms with van der Waals surface area (Å²) in [6.07, 6.45) is -5.70. The number of nitrogens with zero attached hydrogens (tertiary/aromatic N) is 3. The zero-order chi connectivity index (χ0) is 16.8. The van der Waals surface area contributed by atoms with Crippen molar-refractivity contribution in [3.05, 3.63) is 46.6 Å². The molecule has 0 radical (unpaired) electrons. The summed E-state index contributed by atoms with van der Waals surface area (Å²) in [6, 6.07) is 8.39. The number of benzene rings is 1. The molecule has 8 heteroatoms. The maximum absolute atomic E-state index is 12.6. The van der Waals surface area contributed by atoms with Gasteiger partial charge in [-0.1, -0.05) is 23.7 Å². The highest BCUT2D eigenvalue weighted by atomic mass is 35.5. The van der Waals surface area contributed by atoms with Crippen LogP contribution in [-0.4, -0.2) is 25.9 Å². The van der Waals surface area contributed by atoms with Crippen molar-refractivity contribution in [1.82, 2.24) is 14.6 Å². The molecular formula is C15H11ClF3N3O. The molecule has 0 bridgehead atoms. The number of rotatable bonds is 2. The van der Waals surface area contributed by atoms with Gasteiger partial charge in [0, 0.05) is 27.9 Å². The molecule has 0 spiro atoms. The molecule has 1 aromatic carbocycles. The first-order chi connectivity index (χ1) is 10.7. The van der Waals surface area contributed by atoms with Crippen LogP contribution in [0.3, 0.4) is 0 Å². The van der Waals surface area contributed by atoms with Crippen molar-refractivity contribution in [3.63, 3.8) is 0 Å². The summed E-state index contributed by atoms with van der Waals surface area (Å²) in [7, 11) is 0. The van der Waals surface area contributed by atoms with E-state index < -0.39 is 18.5 Å². The summed E-state index contributed by atoms with van der Waals surface area (Å²) in [5.74, 6) is -0.551. The number of aromatic hydroxyl groups is 1. The van der Waals surface area contributed by atoms with Crippen molar-refractivity contribution < 1.29 is 18.3 Å². The molecule has 2 aromatic heterocycles. The van der Waals surface area contributed by atoms with Crippen molar-refractivity contribution in [2.75, 3.05) is 0 Å². The molecule has 0 aliphatic carbocycles. The summed E-state index contributed by atoms with van der Waals surface area (Å²) >= 11 is 5.82. The van der Waals surface area contributed by atoms with Crippen molar-refractivity contribution in [2.45, 2.75) is 19.5 Å². The van der Waals surface area contributed by atoms with E-state index in [0.717, 1.165) is 4.52 Å². The van der Waals surface area contributed by atoms with E-state index >= 15 is 0 Å². The van der Waals surface area contributed by atoms with Gasteiger partial charge >= 0.3 is 6.18 Å². The van der Waals surface area contributed by atoms with E-state index in [0.29, 0.717) is 16.3 Å². The van der Waals surface area contributed by atoms with Gasteiger partial charge in [0.2, 0.25) is 5.88 Å². The Labute approximate surface area is 134 Å². The lowest BCUT2D eigenvalue weighted by atomic mass is 10.1. The van der Waals surface area contributed by atoms with Gasteiger partial charge in [-0.25, -0.2) is 4.98 Å². The van der Waals surface area contributed by atoms with Gasteiger partial charge in [0.15, 0.2) is 5.65 Å². The zero-order valence-electron chi connectivity index (χ0n) is 11.9. The molecule has 0 fully saturated rings. The van der Waals surface area contributed by atoms with Gasteiger partial charge in [-0.2, -0.15) is 22.8 Å². The fraction of sp³-hybridized carbons (Fsp3) is 0.200. The third-order valence-electron chi connectivity index (χ3n) is 3.40. The molecule has 2 heterocycles. The van der Waals surface area contributed by atoms with E-state index in [1.165, 1.54) is 6.92 Å². The molecule has 0 saturated heterocycles. The molecule has 0 aliphatic heterocycles. The standard InChI is InChI=1S/C15H11ClF3N3O/c1-8-11(7-15(17,18)19)14(23)22-13(20-8)6-12(21-22)9-2-4-10(16)5-3-9/h2-6,23H,7H2,1H3. The summed E-state index contributed by atoms with van der Waals surface area (Å²) in [5.41, 5.74) is 1.31. The fourth-order valence-electron chi connectivity index (χ4n) is 2.30. The van der Waals surface area contributed by atoms with Crippen LogP contribution in [0.1, 0.15) is 11.3 Å². The Morgan fingerprint density at radius 1 is 1.22 bits per heavy atom. The fourth-order valence-corrected chi connectivity index (χ4v) is 2.43. The Balaban J connectivity index is 2.13. The molecule has 0 unspecified atom stereocenters. The smallest absolute Gasteiger partial charge is 0.393 e. The summed E-state index contributed by atoms with van der Waals surface area (Å²) in [4.78, 5) is 4.10. The molecule has 120 valence electrons. The monoisotopic (exact) mass is 341 g/mol. The maximum Gasteiger partial charge on any atom is 0.393 e. The number of alkyl halides is 3.